The zero-order valence-corrected chi connectivity index (χ0v) is 16.0. The molecular formula is C19H19N7O2. The molecule has 1 N–H and O–H groups in total. The molecule has 1 aromatic carbocycles. The first-order valence-electron chi connectivity index (χ1n) is 8.73. The number of fused-ring (bicyclic) bond motifs is 1. The van der Waals surface area contributed by atoms with E-state index in [-0.39, 0.29) is 6.04 Å². The third-order valence-electron chi connectivity index (χ3n) is 4.23. The first-order valence-corrected chi connectivity index (χ1v) is 8.73. The SMILES string of the molecule is COc1cc(-c2ncc(C)cn2)cc2c(NC(C)c3nnc(C)o3)ncnc12. The van der Waals surface area contributed by atoms with Crippen LogP contribution in [0.3, 0.4) is 0 Å². The van der Waals surface area contributed by atoms with Gasteiger partial charge in [-0.25, -0.2) is 19.9 Å². The Morgan fingerprint density at radius 2 is 1.82 bits per heavy atom. The molecule has 0 spiro atoms. The lowest BCUT2D eigenvalue weighted by molar-refractivity contribution is 0.419. The number of benzene rings is 1. The summed E-state index contributed by atoms with van der Waals surface area (Å²) in [5.74, 6) is 2.83. The largest absolute Gasteiger partial charge is 0.494 e. The van der Waals surface area contributed by atoms with Gasteiger partial charge in [0.2, 0.25) is 11.8 Å². The number of rotatable bonds is 5. The quantitative estimate of drug-likeness (QED) is 0.560. The van der Waals surface area contributed by atoms with Crippen LogP contribution in [0.5, 0.6) is 5.75 Å². The van der Waals surface area contributed by atoms with E-state index in [4.69, 9.17) is 9.15 Å². The molecule has 1 unspecified atom stereocenters. The van der Waals surface area contributed by atoms with Crippen LogP contribution in [0.2, 0.25) is 0 Å². The number of nitrogens with zero attached hydrogens (tertiary/aromatic N) is 6. The predicted molar refractivity (Wildman–Crippen MR) is 103 cm³/mol. The summed E-state index contributed by atoms with van der Waals surface area (Å²) >= 11 is 0. The molecule has 0 fully saturated rings. The lowest BCUT2D eigenvalue weighted by Crippen LogP contribution is -2.09. The number of nitrogens with one attached hydrogen (secondary N) is 1. The van der Waals surface area contributed by atoms with Gasteiger partial charge in [0.25, 0.3) is 0 Å². The monoisotopic (exact) mass is 377 g/mol. The average molecular weight is 377 g/mol. The Balaban J connectivity index is 1.80. The van der Waals surface area contributed by atoms with Crippen molar-refractivity contribution in [2.75, 3.05) is 12.4 Å². The van der Waals surface area contributed by atoms with Crippen LogP contribution in [-0.2, 0) is 0 Å². The van der Waals surface area contributed by atoms with Crippen molar-refractivity contribution < 1.29 is 9.15 Å². The minimum atomic E-state index is -0.232. The Morgan fingerprint density at radius 1 is 1.04 bits per heavy atom. The van der Waals surface area contributed by atoms with Crippen LogP contribution in [0.15, 0.2) is 35.3 Å². The van der Waals surface area contributed by atoms with E-state index in [0.717, 1.165) is 16.5 Å². The molecule has 1 atom stereocenters. The first-order chi connectivity index (χ1) is 13.5. The van der Waals surface area contributed by atoms with Crippen LogP contribution in [0, 0.1) is 13.8 Å². The van der Waals surface area contributed by atoms with Gasteiger partial charge in [-0.3, -0.25) is 0 Å². The van der Waals surface area contributed by atoms with Crippen molar-refractivity contribution in [3.05, 3.63) is 48.2 Å². The van der Waals surface area contributed by atoms with Crippen molar-refractivity contribution in [2.24, 2.45) is 0 Å². The molecule has 3 heterocycles. The Labute approximate surface area is 161 Å². The minimum Gasteiger partial charge on any atom is -0.494 e. The fourth-order valence-corrected chi connectivity index (χ4v) is 2.83. The normalized spacial score (nSPS) is 12.1. The predicted octanol–water partition coefficient (Wildman–Crippen LogP) is 3.27. The highest BCUT2D eigenvalue weighted by Gasteiger charge is 2.17. The smallest absolute Gasteiger partial charge is 0.238 e. The van der Waals surface area contributed by atoms with Gasteiger partial charge in [-0.15, -0.1) is 10.2 Å². The van der Waals surface area contributed by atoms with Crippen LogP contribution in [0.4, 0.5) is 5.82 Å². The van der Waals surface area contributed by atoms with Gasteiger partial charge < -0.3 is 14.5 Å². The summed E-state index contributed by atoms with van der Waals surface area (Å²) in [6, 6.07) is 3.58. The maximum Gasteiger partial charge on any atom is 0.238 e. The van der Waals surface area contributed by atoms with E-state index >= 15 is 0 Å². The third-order valence-corrected chi connectivity index (χ3v) is 4.23. The maximum absolute atomic E-state index is 5.55. The van der Waals surface area contributed by atoms with E-state index in [1.165, 1.54) is 6.33 Å². The number of aromatic nitrogens is 6. The molecule has 3 aromatic heterocycles. The second-order valence-corrected chi connectivity index (χ2v) is 6.41. The number of hydrogen-bond acceptors (Lipinski definition) is 9. The maximum atomic E-state index is 5.55. The van der Waals surface area contributed by atoms with Gasteiger partial charge >= 0.3 is 0 Å². The fourth-order valence-electron chi connectivity index (χ4n) is 2.83. The van der Waals surface area contributed by atoms with E-state index in [1.54, 1.807) is 26.4 Å². The van der Waals surface area contributed by atoms with Gasteiger partial charge in [0.1, 0.15) is 29.5 Å². The van der Waals surface area contributed by atoms with Crippen molar-refractivity contribution in [1.29, 1.82) is 0 Å². The molecule has 4 aromatic rings. The summed E-state index contributed by atoms with van der Waals surface area (Å²) in [6.45, 7) is 5.62. The molecule has 0 saturated carbocycles. The molecule has 9 heteroatoms. The molecule has 0 amide bonds. The molecule has 0 aliphatic heterocycles. The molecule has 0 aliphatic carbocycles. The van der Waals surface area contributed by atoms with Crippen molar-refractivity contribution in [3.8, 4) is 17.1 Å². The van der Waals surface area contributed by atoms with Crippen LogP contribution in [-0.4, -0.2) is 37.2 Å². The summed E-state index contributed by atoms with van der Waals surface area (Å²) in [7, 11) is 1.60. The average Bonchev–Trinajstić information content (AvgIpc) is 3.14. The third kappa shape index (κ3) is 3.34. The summed E-state index contributed by atoms with van der Waals surface area (Å²) < 4.78 is 11.1. The molecule has 0 radical (unpaired) electrons. The number of hydrogen-bond donors (Lipinski definition) is 1. The minimum absolute atomic E-state index is 0.232. The highest BCUT2D eigenvalue weighted by Crippen LogP contribution is 2.33. The van der Waals surface area contributed by atoms with Gasteiger partial charge in [-0.1, -0.05) is 0 Å². The van der Waals surface area contributed by atoms with E-state index in [0.29, 0.717) is 34.7 Å². The van der Waals surface area contributed by atoms with E-state index in [9.17, 15) is 0 Å². The van der Waals surface area contributed by atoms with Crippen molar-refractivity contribution in [3.63, 3.8) is 0 Å². The molecule has 0 saturated heterocycles. The van der Waals surface area contributed by atoms with Gasteiger partial charge in [-0.05, 0) is 31.5 Å². The van der Waals surface area contributed by atoms with Gasteiger partial charge in [0.05, 0.1) is 7.11 Å². The molecule has 0 bridgehead atoms. The fraction of sp³-hybridized carbons (Fsp3) is 0.263. The van der Waals surface area contributed by atoms with Gasteiger partial charge in [-0.2, -0.15) is 0 Å². The van der Waals surface area contributed by atoms with Crippen LogP contribution in [0.25, 0.3) is 22.3 Å². The lowest BCUT2D eigenvalue weighted by Gasteiger charge is -2.14. The van der Waals surface area contributed by atoms with E-state index in [2.05, 4.69) is 35.5 Å². The zero-order chi connectivity index (χ0) is 19.7. The summed E-state index contributed by atoms with van der Waals surface area (Å²) in [5, 5.41) is 12.0. The summed E-state index contributed by atoms with van der Waals surface area (Å²) in [5.41, 5.74) is 2.49. The molecular weight excluding hydrogens is 358 g/mol. The van der Waals surface area contributed by atoms with Crippen molar-refractivity contribution in [2.45, 2.75) is 26.8 Å². The van der Waals surface area contributed by atoms with E-state index in [1.807, 2.05) is 26.0 Å². The van der Waals surface area contributed by atoms with Gasteiger partial charge in [0, 0.05) is 30.3 Å². The summed E-state index contributed by atoms with van der Waals surface area (Å²) in [4.78, 5) is 17.6. The molecule has 28 heavy (non-hydrogen) atoms. The van der Waals surface area contributed by atoms with Gasteiger partial charge in [0.15, 0.2) is 5.82 Å². The lowest BCUT2D eigenvalue weighted by atomic mass is 10.1. The molecule has 4 rings (SSSR count). The van der Waals surface area contributed by atoms with E-state index < -0.39 is 0 Å². The van der Waals surface area contributed by atoms with Crippen LogP contribution in [0.1, 0.15) is 30.3 Å². The Hall–Kier alpha value is -3.62. The highest BCUT2D eigenvalue weighted by atomic mass is 16.5. The number of anilines is 1. The highest BCUT2D eigenvalue weighted by molar-refractivity contribution is 5.96. The first kappa shape index (κ1) is 17.8. The Bertz CT molecular complexity index is 1130. The topological polar surface area (TPSA) is 112 Å². The number of aryl methyl sites for hydroxylation is 2. The number of ether oxygens (including phenoxy) is 1. The standard InChI is InChI=1S/C19H19N7O2/c1-10-7-20-17(21-8-10)13-5-14-16(15(6-13)27-4)22-9-23-18(14)24-11(2)19-26-25-12(3)28-19/h5-9,11H,1-4H3,(H,22,23,24). The summed E-state index contributed by atoms with van der Waals surface area (Å²) in [6.07, 6.45) is 5.04. The van der Waals surface area contributed by atoms with Crippen molar-refractivity contribution in [1.82, 2.24) is 30.1 Å². The molecule has 9 nitrogen and oxygen atoms in total. The molecule has 0 aliphatic rings. The Morgan fingerprint density at radius 3 is 2.50 bits per heavy atom. The van der Waals surface area contributed by atoms with Crippen LogP contribution >= 0.6 is 0 Å². The van der Waals surface area contributed by atoms with Crippen molar-refractivity contribution >= 4 is 16.7 Å². The van der Waals surface area contributed by atoms with Crippen LogP contribution < -0.4 is 10.1 Å². The second-order valence-electron chi connectivity index (χ2n) is 6.41. The molecule has 142 valence electrons. The zero-order valence-electron chi connectivity index (χ0n) is 16.0. The second kappa shape index (κ2) is 7.18. The number of methoxy groups -OCH3 is 1. The Kier molecular flexibility index (Phi) is 4.56.